The molecule has 0 bridgehead atoms. The second kappa shape index (κ2) is 6.73. The molecular formula is C15H16ClNOS. The number of benzene rings is 1. The molecular weight excluding hydrogens is 278 g/mol. The molecule has 2 nitrogen and oxygen atoms in total. The number of nitrogens with zero attached hydrogens (tertiary/aromatic N) is 1. The molecule has 0 spiro atoms. The highest BCUT2D eigenvalue weighted by Crippen LogP contribution is 2.24. The predicted octanol–water partition coefficient (Wildman–Crippen LogP) is 4.08. The molecule has 1 atom stereocenters. The van der Waals surface area contributed by atoms with Crippen LogP contribution in [0.15, 0.2) is 47.8 Å². The first kappa shape index (κ1) is 14.1. The molecule has 0 aliphatic carbocycles. The zero-order chi connectivity index (χ0) is 13.7. The van der Waals surface area contributed by atoms with Crippen LogP contribution in [-0.2, 0) is 11.3 Å². The van der Waals surface area contributed by atoms with Crippen molar-refractivity contribution in [3.05, 3.63) is 58.3 Å². The van der Waals surface area contributed by atoms with E-state index in [1.54, 1.807) is 16.2 Å². The van der Waals surface area contributed by atoms with Crippen molar-refractivity contribution in [1.82, 2.24) is 4.90 Å². The number of hydrogen-bond donors (Lipinski definition) is 0. The van der Waals surface area contributed by atoms with E-state index >= 15 is 0 Å². The topological polar surface area (TPSA) is 20.3 Å². The van der Waals surface area contributed by atoms with Crippen LogP contribution in [0.2, 0.25) is 0 Å². The third-order valence-electron chi connectivity index (χ3n) is 2.93. The zero-order valence-electron chi connectivity index (χ0n) is 10.8. The molecule has 0 saturated carbocycles. The third-order valence-corrected chi connectivity index (χ3v) is 4.23. The number of alkyl halides is 1. The van der Waals surface area contributed by atoms with Gasteiger partial charge < -0.3 is 4.90 Å². The van der Waals surface area contributed by atoms with Crippen LogP contribution in [0.25, 0.3) is 0 Å². The maximum atomic E-state index is 12.4. The Kier molecular flexibility index (Phi) is 5.00. The fourth-order valence-corrected chi connectivity index (χ4v) is 2.86. The lowest BCUT2D eigenvalue weighted by atomic mass is 10.1. The molecule has 1 unspecified atom stereocenters. The summed E-state index contributed by atoms with van der Waals surface area (Å²) in [6, 6.07) is 13.5. The van der Waals surface area contributed by atoms with Crippen LogP contribution in [0, 0.1) is 0 Å². The van der Waals surface area contributed by atoms with Crippen molar-refractivity contribution in [2.75, 3.05) is 6.54 Å². The van der Waals surface area contributed by atoms with Gasteiger partial charge in [-0.1, -0.05) is 36.4 Å². The summed E-state index contributed by atoms with van der Waals surface area (Å²) in [6.45, 7) is 3.26. The number of rotatable bonds is 5. The minimum atomic E-state index is -0.610. The van der Waals surface area contributed by atoms with Gasteiger partial charge in [0.1, 0.15) is 5.38 Å². The average molecular weight is 294 g/mol. The predicted molar refractivity (Wildman–Crippen MR) is 80.4 cm³/mol. The Hall–Kier alpha value is -1.32. The number of halogens is 1. The van der Waals surface area contributed by atoms with Crippen molar-refractivity contribution in [2.45, 2.75) is 18.8 Å². The van der Waals surface area contributed by atoms with Crippen LogP contribution in [-0.4, -0.2) is 17.4 Å². The van der Waals surface area contributed by atoms with Gasteiger partial charge in [0.25, 0.3) is 0 Å². The lowest BCUT2D eigenvalue weighted by molar-refractivity contribution is -0.131. The monoisotopic (exact) mass is 293 g/mol. The first-order valence-corrected chi connectivity index (χ1v) is 7.54. The Balaban J connectivity index is 2.08. The SMILES string of the molecule is CCN(Cc1cccs1)C(=O)C(Cl)c1ccccc1. The van der Waals surface area contributed by atoms with E-state index < -0.39 is 5.38 Å². The Bertz CT molecular complexity index is 512. The molecule has 1 aromatic carbocycles. The van der Waals surface area contributed by atoms with E-state index in [0.717, 1.165) is 5.56 Å². The van der Waals surface area contributed by atoms with Gasteiger partial charge in [0.05, 0.1) is 6.54 Å². The van der Waals surface area contributed by atoms with Crippen molar-refractivity contribution >= 4 is 28.8 Å². The summed E-state index contributed by atoms with van der Waals surface area (Å²) in [7, 11) is 0. The second-order valence-corrected chi connectivity index (χ2v) is 5.67. The zero-order valence-corrected chi connectivity index (χ0v) is 12.3. The van der Waals surface area contributed by atoms with E-state index in [9.17, 15) is 4.79 Å². The third kappa shape index (κ3) is 3.58. The van der Waals surface area contributed by atoms with E-state index in [1.807, 2.05) is 54.8 Å². The molecule has 2 aromatic rings. The first-order chi connectivity index (χ1) is 9.22. The van der Waals surface area contributed by atoms with E-state index in [-0.39, 0.29) is 5.91 Å². The average Bonchev–Trinajstić information content (AvgIpc) is 2.97. The van der Waals surface area contributed by atoms with Gasteiger partial charge in [-0.25, -0.2) is 0 Å². The molecule has 0 saturated heterocycles. The van der Waals surface area contributed by atoms with Gasteiger partial charge in [-0.15, -0.1) is 22.9 Å². The Labute approximate surface area is 122 Å². The summed E-state index contributed by atoms with van der Waals surface area (Å²) in [4.78, 5) is 15.4. The molecule has 0 radical (unpaired) electrons. The number of likely N-dealkylation sites (N-methyl/N-ethyl adjacent to an activating group) is 1. The van der Waals surface area contributed by atoms with Crippen molar-refractivity contribution in [3.63, 3.8) is 0 Å². The molecule has 2 rings (SSSR count). The van der Waals surface area contributed by atoms with Gasteiger partial charge in [0, 0.05) is 11.4 Å². The molecule has 1 heterocycles. The first-order valence-electron chi connectivity index (χ1n) is 6.22. The number of carbonyl (C=O) groups excluding carboxylic acids is 1. The molecule has 1 amide bonds. The Morgan fingerprint density at radius 3 is 2.58 bits per heavy atom. The minimum absolute atomic E-state index is 0.0382. The number of thiophene rings is 1. The van der Waals surface area contributed by atoms with Crippen LogP contribution >= 0.6 is 22.9 Å². The molecule has 1 aromatic heterocycles. The van der Waals surface area contributed by atoms with E-state index in [2.05, 4.69) is 0 Å². The van der Waals surface area contributed by atoms with Gasteiger partial charge >= 0.3 is 0 Å². The van der Waals surface area contributed by atoms with E-state index in [0.29, 0.717) is 13.1 Å². The lowest BCUT2D eigenvalue weighted by Gasteiger charge is -2.23. The summed E-state index contributed by atoms with van der Waals surface area (Å²) in [5.41, 5.74) is 0.846. The van der Waals surface area contributed by atoms with Gasteiger partial charge in [0.2, 0.25) is 5.91 Å². The summed E-state index contributed by atoms with van der Waals surface area (Å²) in [6.07, 6.45) is 0. The van der Waals surface area contributed by atoms with Crippen molar-refractivity contribution in [2.24, 2.45) is 0 Å². The van der Waals surface area contributed by atoms with Gasteiger partial charge in [0.15, 0.2) is 0 Å². The molecule has 0 aliphatic rings. The molecule has 0 N–H and O–H groups in total. The van der Waals surface area contributed by atoms with Gasteiger partial charge in [-0.2, -0.15) is 0 Å². The molecule has 19 heavy (non-hydrogen) atoms. The standard InChI is InChI=1S/C15H16ClNOS/c1-2-17(11-13-9-6-10-19-13)15(18)14(16)12-7-4-3-5-8-12/h3-10,14H,2,11H2,1H3. The summed E-state index contributed by atoms with van der Waals surface area (Å²) < 4.78 is 0. The number of hydrogen-bond acceptors (Lipinski definition) is 2. The van der Waals surface area contributed by atoms with E-state index in [4.69, 9.17) is 11.6 Å². The van der Waals surface area contributed by atoms with Crippen LogP contribution in [0.5, 0.6) is 0 Å². The highest BCUT2D eigenvalue weighted by atomic mass is 35.5. The maximum absolute atomic E-state index is 12.4. The van der Waals surface area contributed by atoms with Crippen LogP contribution in [0.1, 0.15) is 22.7 Å². The highest BCUT2D eigenvalue weighted by Gasteiger charge is 2.23. The van der Waals surface area contributed by atoms with Crippen molar-refractivity contribution in [1.29, 1.82) is 0 Å². The van der Waals surface area contributed by atoms with Gasteiger partial charge in [-0.05, 0) is 23.9 Å². The van der Waals surface area contributed by atoms with Crippen LogP contribution in [0.4, 0.5) is 0 Å². The molecule has 4 heteroatoms. The van der Waals surface area contributed by atoms with Crippen molar-refractivity contribution in [3.8, 4) is 0 Å². The molecule has 100 valence electrons. The fraction of sp³-hybridized carbons (Fsp3) is 0.267. The smallest absolute Gasteiger partial charge is 0.245 e. The Morgan fingerprint density at radius 2 is 2.00 bits per heavy atom. The van der Waals surface area contributed by atoms with Crippen LogP contribution < -0.4 is 0 Å². The molecule has 0 fully saturated rings. The summed E-state index contributed by atoms with van der Waals surface area (Å²) in [5.74, 6) is -0.0382. The van der Waals surface area contributed by atoms with Crippen LogP contribution in [0.3, 0.4) is 0 Å². The Morgan fingerprint density at radius 1 is 1.26 bits per heavy atom. The largest absolute Gasteiger partial charge is 0.336 e. The maximum Gasteiger partial charge on any atom is 0.245 e. The lowest BCUT2D eigenvalue weighted by Crippen LogP contribution is -2.32. The number of amides is 1. The van der Waals surface area contributed by atoms with E-state index in [1.165, 1.54) is 4.88 Å². The second-order valence-electron chi connectivity index (χ2n) is 4.21. The van der Waals surface area contributed by atoms with Crippen molar-refractivity contribution < 1.29 is 4.79 Å². The quantitative estimate of drug-likeness (QED) is 0.761. The summed E-state index contributed by atoms with van der Waals surface area (Å²) in [5, 5.41) is 1.41. The number of carbonyl (C=O) groups is 1. The normalized spacial score (nSPS) is 12.1. The minimum Gasteiger partial charge on any atom is -0.336 e. The van der Waals surface area contributed by atoms with Gasteiger partial charge in [-0.3, -0.25) is 4.79 Å². The summed E-state index contributed by atoms with van der Waals surface area (Å²) >= 11 is 7.94. The molecule has 0 aliphatic heterocycles. The fourth-order valence-electron chi connectivity index (χ4n) is 1.86. The highest BCUT2D eigenvalue weighted by molar-refractivity contribution is 7.09.